The zero-order chi connectivity index (χ0) is 14.3. The number of benzene rings is 2. The highest BCUT2D eigenvalue weighted by atomic mass is 35.5. The Bertz CT molecular complexity index is 719. The van der Waals surface area contributed by atoms with Crippen molar-refractivity contribution in [2.24, 2.45) is 0 Å². The van der Waals surface area contributed by atoms with Crippen molar-refractivity contribution in [3.05, 3.63) is 45.9 Å². The minimum Gasteiger partial charge on any atom is -0.481 e. The topological polar surface area (TPSA) is 49.3 Å². The number of aliphatic carboxylic acids is 1. The van der Waals surface area contributed by atoms with Crippen molar-refractivity contribution < 1.29 is 9.90 Å². The third-order valence-electron chi connectivity index (χ3n) is 2.95. The quantitative estimate of drug-likeness (QED) is 0.708. The normalized spacial score (nSPS) is 12.3. The lowest BCUT2D eigenvalue weighted by Gasteiger charge is -2.23. The van der Waals surface area contributed by atoms with E-state index in [0.29, 0.717) is 15.6 Å². The van der Waals surface area contributed by atoms with Gasteiger partial charge < -0.3 is 10.4 Å². The summed E-state index contributed by atoms with van der Waals surface area (Å²) >= 11 is 13.6. The Labute approximate surface area is 129 Å². The first-order chi connectivity index (χ1) is 9.54. The van der Waals surface area contributed by atoms with E-state index < -0.39 is 5.97 Å². The molecule has 2 aromatic carbocycles. The van der Waals surface area contributed by atoms with Crippen LogP contribution in [0.15, 0.2) is 40.1 Å². The van der Waals surface area contributed by atoms with Gasteiger partial charge in [0.1, 0.15) is 0 Å². The molecular weight excluding hydrogens is 317 g/mol. The van der Waals surface area contributed by atoms with Gasteiger partial charge >= 0.3 is 5.97 Å². The lowest BCUT2D eigenvalue weighted by atomic mass is 10.1. The van der Waals surface area contributed by atoms with Crippen molar-refractivity contribution in [3.8, 4) is 0 Å². The molecule has 1 aliphatic rings. The van der Waals surface area contributed by atoms with Gasteiger partial charge in [-0.05, 0) is 35.9 Å². The molecule has 0 aliphatic carbocycles. The van der Waals surface area contributed by atoms with Crippen LogP contribution in [0.2, 0.25) is 10.0 Å². The van der Waals surface area contributed by atoms with E-state index in [9.17, 15) is 4.79 Å². The number of hydrogen-bond acceptors (Lipinski definition) is 3. The fraction of sp³-hybridized carbons (Fsp3) is 0.0714. The van der Waals surface area contributed by atoms with E-state index in [-0.39, 0.29) is 6.42 Å². The summed E-state index contributed by atoms with van der Waals surface area (Å²) in [5.74, 6) is -0.900. The number of anilines is 2. The van der Waals surface area contributed by atoms with Crippen LogP contribution >= 0.6 is 35.0 Å². The van der Waals surface area contributed by atoms with Crippen LogP contribution in [0.25, 0.3) is 0 Å². The fourth-order valence-electron chi connectivity index (χ4n) is 2.08. The molecule has 6 heteroatoms. The molecule has 3 rings (SSSR count). The van der Waals surface area contributed by atoms with Gasteiger partial charge in [0.05, 0.1) is 17.8 Å². The van der Waals surface area contributed by atoms with Gasteiger partial charge in [-0.2, -0.15) is 0 Å². The molecule has 1 heterocycles. The molecule has 0 unspecified atom stereocenters. The summed E-state index contributed by atoms with van der Waals surface area (Å²) in [6.45, 7) is 0. The number of halogens is 2. The Hall–Kier alpha value is -1.36. The average molecular weight is 326 g/mol. The van der Waals surface area contributed by atoms with Gasteiger partial charge in [0.2, 0.25) is 0 Å². The van der Waals surface area contributed by atoms with E-state index >= 15 is 0 Å². The standard InChI is InChI=1S/C14H9Cl2NO2S/c15-7-1-4-12-11(5-7)17-10-3-2-9(16)8(6-13(18)19)14(10)20-12/h1-5,17H,6H2,(H,18,19). The fourth-order valence-corrected chi connectivity index (χ4v) is 3.64. The van der Waals surface area contributed by atoms with Gasteiger partial charge in [0.15, 0.2) is 0 Å². The smallest absolute Gasteiger partial charge is 0.307 e. The Morgan fingerprint density at radius 2 is 2.00 bits per heavy atom. The maximum absolute atomic E-state index is 11.0. The highest BCUT2D eigenvalue weighted by Crippen LogP contribution is 2.48. The van der Waals surface area contributed by atoms with Gasteiger partial charge in [-0.3, -0.25) is 4.79 Å². The van der Waals surface area contributed by atoms with E-state index in [1.165, 1.54) is 11.8 Å². The molecular formula is C14H9Cl2NO2S. The number of carboxylic acids is 1. The van der Waals surface area contributed by atoms with Crippen molar-refractivity contribution in [1.82, 2.24) is 0 Å². The summed E-state index contributed by atoms with van der Waals surface area (Å²) in [6.07, 6.45) is -0.0976. The number of fused-ring (bicyclic) bond motifs is 2. The van der Waals surface area contributed by atoms with Crippen LogP contribution in [0.4, 0.5) is 11.4 Å². The van der Waals surface area contributed by atoms with Crippen LogP contribution in [0.1, 0.15) is 5.56 Å². The Balaban J connectivity index is 2.09. The zero-order valence-corrected chi connectivity index (χ0v) is 12.4. The van der Waals surface area contributed by atoms with Crippen LogP contribution in [0.5, 0.6) is 0 Å². The summed E-state index contributed by atoms with van der Waals surface area (Å²) < 4.78 is 0. The molecule has 0 saturated carbocycles. The number of hydrogen-bond donors (Lipinski definition) is 2. The average Bonchev–Trinajstić information content (AvgIpc) is 2.40. The molecule has 2 aromatic rings. The van der Waals surface area contributed by atoms with Crippen LogP contribution in [0.3, 0.4) is 0 Å². The molecule has 0 fully saturated rings. The van der Waals surface area contributed by atoms with Gasteiger partial charge in [0, 0.05) is 19.8 Å². The van der Waals surface area contributed by atoms with Crippen molar-refractivity contribution >= 4 is 52.3 Å². The molecule has 0 aromatic heterocycles. The second-order valence-electron chi connectivity index (χ2n) is 4.34. The van der Waals surface area contributed by atoms with Crippen molar-refractivity contribution in [1.29, 1.82) is 0 Å². The molecule has 0 bridgehead atoms. The Kier molecular flexibility index (Phi) is 3.54. The second-order valence-corrected chi connectivity index (χ2v) is 6.24. The summed E-state index contributed by atoms with van der Waals surface area (Å²) in [7, 11) is 0. The van der Waals surface area contributed by atoms with Gasteiger partial charge in [0.25, 0.3) is 0 Å². The zero-order valence-electron chi connectivity index (χ0n) is 10.1. The van der Waals surface area contributed by atoms with Gasteiger partial charge in [-0.25, -0.2) is 0 Å². The first-order valence-electron chi connectivity index (χ1n) is 5.82. The van der Waals surface area contributed by atoms with Crippen LogP contribution < -0.4 is 5.32 Å². The lowest BCUT2D eigenvalue weighted by Crippen LogP contribution is -2.07. The molecule has 1 aliphatic heterocycles. The first kappa shape index (κ1) is 13.6. The number of nitrogens with one attached hydrogen (secondary N) is 1. The van der Waals surface area contributed by atoms with Crippen molar-refractivity contribution in [2.75, 3.05) is 5.32 Å². The summed E-state index contributed by atoms with van der Waals surface area (Å²) in [6, 6.07) is 9.12. The van der Waals surface area contributed by atoms with E-state index in [2.05, 4.69) is 5.32 Å². The molecule has 0 radical (unpaired) electrons. The highest BCUT2D eigenvalue weighted by Gasteiger charge is 2.21. The molecule has 0 spiro atoms. The SMILES string of the molecule is O=C(O)Cc1c(Cl)ccc2c1Sc1ccc(Cl)cc1N2. The number of carboxylic acid groups (broad SMARTS) is 1. The molecule has 0 atom stereocenters. The monoisotopic (exact) mass is 325 g/mol. The predicted molar refractivity (Wildman–Crippen MR) is 81.6 cm³/mol. The molecule has 3 nitrogen and oxygen atoms in total. The van der Waals surface area contributed by atoms with Crippen LogP contribution in [0, 0.1) is 0 Å². The third kappa shape index (κ3) is 2.46. The Morgan fingerprint density at radius 3 is 2.75 bits per heavy atom. The molecule has 2 N–H and O–H groups in total. The lowest BCUT2D eigenvalue weighted by molar-refractivity contribution is -0.136. The maximum Gasteiger partial charge on any atom is 0.307 e. The van der Waals surface area contributed by atoms with Crippen LogP contribution in [-0.4, -0.2) is 11.1 Å². The maximum atomic E-state index is 11.0. The van der Waals surface area contributed by atoms with Gasteiger partial charge in [-0.1, -0.05) is 35.0 Å². The molecule has 0 saturated heterocycles. The number of carbonyl (C=O) groups is 1. The third-order valence-corrected chi connectivity index (χ3v) is 4.79. The number of rotatable bonds is 2. The first-order valence-corrected chi connectivity index (χ1v) is 7.39. The summed E-state index contributed by atoms with van der Waals surface area (Å²) in [4.78, 5) is 12.8. The minimum absolute atomic E-state index is 0.0976. The largest absolute Gasteiger partial charge is 0.481 e. The molecule has 102 valence electrons. The molecule has 0 amide bonds. The summed E-state index contributed by atoms with van der Waals surface area (Å²) in [5.41, 5.74) is 2.40. The Morgan fingerprint density at radius 1 is 1.20 bits per heavy atom. The van der Waals surface area contributed by atoms with E-state index in [0.717, 1.165) is 21.2 Å². The van der Waals surface area contributed by atoms with Gasteiger partial charge in [-0.15, -0.1) is 0 Å². The van der Waals surface area contributed by atoms with E-state index in [1.54, 1.807) is 6.07 Å². The van der Waals surface area contributed by atoms with Crippen molar-refractivity contribution in [2.45, 2.75) is 16.2 Å². The van der Waals surface area contributed by atoms with Crippen LogP contribution in [-0.2, 0) is 11.2 Å². The molecule has 20 heavy (non-hydrogen) atoms. The van der Waals surface area contributed by atoms with E-state index in [1.807, 2.05) is 24.3 Å². The predicted octanol–water partition coefficient (Wildman–Crippen LogP) is 4.83. The summed E-state index contributed by atoms with van der Waals surface area (Å²) in [5, 5.41) is 13.4. The van der Waals surface area contributed by atoms with E-state index in [4.69, 9.17) is 28.3 Å². The minimum atomic E-state index is -0.900. The second kappa shape index (κ2) is 5.20. The highest BCUT2D eigenvalue weighted by molar-refractivity contribution is 7.99. The van der Waals surface area contributed by atoms with Crippen molar-refractivity contribution in [3.63, 3.8) is 0 Å².